The first kappa shape index (κ1) is 14.3. The highest BCUT2D eigenvalue weighted by molar-refractivity contribution is 5.51. The van der Waals surface area contributed by atoms with Crippen LogP contribution < -0.4 is 15.2 Å². The van der Waals surface area contributed by atoms with Crippen molar-refractivity contribution in [2.24, 2.45) is 0 Å². The van der Waals surface area contributed by atoms with E-state index in [1.807, 2.05) is 6.07 Å². The summed E-state index contributed by atoms with van der Waals surface area (Å²) in [4.78, 5) is 0. The summed E-state index contributed by atoms with van der Waals surface area (Å²) in [5.74, 6) is 1.90. The van der Waals surface area contributed by atoms with Crippen LogP contribution in [0.4, 0.5) is 5.69 Å². The molecule has 2 rings (SSSR count). The van der Waals surface area contributed by atoms with Crippen molar-refractivity contribution in [3.63, 3.8) is 0 Å². The maximum Gasteiger partial charge on any atom is 0.162 e. The Balaban J connectivity index is 2.05. The van der Waals surface area contributed by atoms with Crippen molar-refractivity contribution in [3.05, 3.63) is 53.6 Å². The maximum absolute atomic E-state index is 5.79. The quantitative estimate of drug-likeness (QED) is 0.836. The van der Waals surface area contributed by atoms with Crippen LogP contribution in [-0.4, -0.2) is 7.11 Å². The summed E-state index contributed by atoms with van der Waals surface area (Å²) in [5, 5.41) is 0. The van der Waals surface area contributed by atoms with E-state index in [4.69, 9.17) is 15.2 Å². The molecule has 0 amide bonds. The molecule has 0 aliphatic heterocycles. The van der Waals surface area contributed by atoms with Crippen LogP contribution in [0.5, 0.6) is 11.5 Å². The lowest BCUT2D eigenvalue weighted by Crippen LogP contribution is -1.99. The Morgan fingerprint density at radius 1 is 1.00 bits per heavy atom. The minimum absolute atomic E-state index is 0.513. The SMILES string of the molecule is COc1cc(N)ccc1OCc1ccc(C(C)C)cc1. The molecule has 20 heavy (non-hydrogen) atoms. The van der Waals surface area contributed by atoms with E-state index in [0.29, 0.717) is 29.7 Å². The second-order valence-corrected chi connectivity index (χ2v) is 5.10. The fourth-order valence-electron chi connectivity index (χ4n) is 1.96. The Morgan fingerprint density at radius 2 is 1.70 bits per heavy atom. The molecule has 0 aromatic heterocycles. The zero-order chi connectivity index (χ0) is 14.5. The van der Waals surface area contributed by atoms with Gasteiger partial charge >= 0.3 is 0 Å². The summed E-state index contributed by atoms with van der Waals surface area (Å²) >= 11 is 0. The molecular formula is C17H21NO2. The Kier molecular flexibility index (Phi) is 4.51. The van der Waals surface area contributed by atoms with Gasteiger partial charge in [0.2, 0.25) is 0 Å². The summed E-state index contributed by atoms with van der Waals surface area (Å²) in [6.07, 6.45) is 0. The van der Waals surface area contributed by atoms with Crippen molar-refractivity contribution in [1.29, 1.82) is 0 Å². The van der Waals surface area contributed by atoms with Crippen LogP contribution in [-0.2, 0) is 6.61 Å². The van der Waals surface area contributed by atoms with E-state index in [2.05, 4.69) is 38.1 Å². The average Bonchev–Trinajstić information content (AvgIpc) is 2.46. The van der Waals surface area contributed by atoms with Gasteiger partial charge in [0.05, 0.1) is 7.11 Å². The van der Waals surface area contributed by atoms with Crippen LogP contribution >= 0.6 is 0 Å². The van der Waals surface area contributed by atoms with E-state index < -0.39 is 0 Å². The Bertz CT molecular complexity index is 562. The second kappa shape index (κ2) is 6.33. The van der Waals surface area contributed by atoms with Crippen LogP contribution in [0.25, 0.3) is 0 Å². The van der Waals surface area contributed by atoms with Crippen LogP contribution in [0.3, 0.4) is 0 Å². The zero-order valence-electron chi connectivity index (χ0n) is 12.2. The number of nitrogen functional groups attached to an aromatic ring is 1. The van der Waals surface area contributed by atoms with Gasteiger partial charge in [-0.25, -0.2) is 0 Å². The minimum Gasteiger partial charge on any atom is -0.493 e. The Morgan fingerprint density at radius 3 is 2.30 bits per heavy atom. The first-order valence-electron chi connectivity index (χ1n) is 6.75. The molecule has 0 heterocycles. The van der Waals surface area contributed by atoms with Crippen molar-refractivity contribution in [1.82, 2.24) is 0 Å². The number of methoxy groups -OCH3 is 1. The van der Waals surface area contributed by atoms with Crippen LogP contribution in [0, 0.1) is 0 Å². The summed E-state index contributed by atoms with van der Waals surface area (Å²) in [7, 11) is 1.61. The van der Waals surface area contributed by atoms with Gasteiger partial charge in [-0.2, -0.15) is 0 Å². The molecule has 3 heteroatoms. The molecule has 0 radical (unpaired) electrons. The Labute approximate surface area is 120 Å². The number of anilines is 1. The first-order chi connectivity index (χ1) is 9.60. The van der Waals surface area contributed by atoms with Gasteiger partial charge in [0, 0.05) is 11.8 Å². The van der Waals surface area contributed by atoms with Gasteiger partial charge in [0.1, 0.15) is 6.61 Å². The molecule has 2 aromatic rings. The van der Waals surface area contributed by atoms with E-state index in [9.17, 15) is 0 Å². The lowest BCUT2D eigenvalue weighted by Gasteiger charge is -2.12. The summed E-state index contributed by atoms with van der Waals surface area (Å²) in [5.41, 5.74) is 8.85. The smallest absolute Gasteiger partial charge is 0.162 e. The molecule has 0 spiro atoms. The van der Waals surface area contributed by atoms with E-state index in [-0.39, 0.29) is 0 Å². The van der Waals surface area contributed by atoms with Gasteiger partial charge in [-0.05, 0) is 29.2 Å². The van der Waals surface area contributed by atoms with E-state index in [1.54, 1.807) is 19.2 Å². The lowest BCUT2D eigenvalue weighted by molar-refractivity contribution is 0.284. The van der Waals surface area contributed by atoms with Crippen molar-refractivity contribution in [2.45, 2.75) is 26.4 Å². The summed E-state index contributed by atoms with van der Waals surface area (Å²) in [6.45, 7) is 4.88. The monoisotopic (exact) mass is 271 g/mol. The molecule has 0 fully saturated rings. The third-order valence-corrected chi connectivity index (χ3v) is 3.23. The van der Waals surface area contributed by atoms with Gasteiger partial charge in [0.15, 0.2) is 11.5 Å². The number of hydrogen-bond donors (Lipinski definition) is 1. The first-order valence-corrected chi connectivity index (χ1v) is 6.75. The van der Waals surface area contributed by atoms with Crippen molar-refractivity contribution in [2.75, 3.05) is 12.8 Å². The molecule has 106 valence electrons. The fourth-order valence-corrected chi connectivity index (χ4v) is 1.96. The zero-order valence-corrected chi connectivity index (χ0v) is 12.2. The van der Waals surface area contributed by atoms with Crippen molar-refractivity contribution >= 4 is 5.69 Å². The fraction of sp³-hybridized carbons (Fsp3) is 0.294. The molecular weight excluding hydrogens is 250 g/mol. The predicted molar refractivity (Wildman–Crippen MR) is 82.3 cm³/mol. The third kappa shape index (κ3) is 3.44. The van der Waals surface area contributed by atoms with Crippen LogP contribution in [0.15, 0.2) is 42.5 Å². The van der Waals surface area contributed by atoms with Gasteiger partial charge in [0.25, 0.3) is 0 Å². The van der Waals surface area contributed by atoms with Gasteiger partial charge in [-0.15, -0.1) is 0 Å². The lowest BCUT2D eigenvalue weighted by atomic mass is 10.0. The normalized spacial score (nSPS) is 10.6. The molecule has 2 aromatic carbocycles. The third-order valence-electron chi connectivity index (χ3n) is 3.23. The van der Waals surface area contributed by atoms with Gasteiger partial charge in [-0.1, -0.05) is 38.1 Å². The molecule has 0 aliphatic rings. The van der Waals surface area contributed by atoms with Crippen LogP contribution in [0.2, 0.25) is 0 Å². The number of benzene rings is 2. The van der Waals surface area contributed by atoms with E-state index in [1.165, 1.54) is 5.56 Å². The molecule has 2 N–H and O–H groups in total. The molecule has 3 nitrogen and oxygen atoms in total. The van der Waals surface area contributed by atoms with Gasteiger partial charge < -0.3 is 15.2 Å². The molecule has 0 saturated carbocycles. The molecule has 0 aliphatic carbocycles. The molecule has 0 saturated heterocycles. The van der Waals surface area contributed by atoms with E-state index in [0.717, 1.165) is 5.56 Å². The highest BCUT2D eigenvalue weighted by atomic mass is 16.5. The number of ether oxygens (including phenoxy) is 2. The maximum atomic E-state index is 5.79. The minimum atomic E-state index is 0.513. The van der Waals surface area contributed by atoms with Crippen molar-refractivity contribution in [3.8, 4) is 11.5 Å². The Hall–Kier alpha value is -2.16. The number of hydrogen-bond acceptors (Lipinski definition) is 3. The molecule has 0 atom stereocenters. The number of rotatable bonds is 5. The molecule has 0 bridgehead atoms. The summed E-state index contributed by atoms with van der Waals surface area (Å²) in [6, 6.07) is 13.9. The standard InChI is InChI=1S/C17H21NO2/c1-12(2)14-6-4-13(5-7-14)11-20-16-9-8-15(18)10-17(16)19-3/h4-10,12H,11,18H2,1-3H3. The van der Waals surface area contributed by atoms with E-state index >= 15 is 0 Å². The van der Waals surface area contributed by atoms with Crippen molar-refractivity contribution < 1.29 is 9.47 Å². The van der Waals surface area contributed by atoms with Gasteiger partial charge in [-0.3, -0.25) is 0 Å². The highest BCUT2D eigenvalue weighted by Crippen LogP contribution is 2.29. The predicted octanol–water partition coefficient (Wildman–Crippen LogP) is 3.98. The summed E-state index contributed by atoms with van der Waals surface area (Å²) < 4.78 is 11.0. The second-order valence-electron chi connectivity index (χ2n) is 5.10. The average molecular weight is 271 g/mol. The molecule has 0 unspecified atom stereocenters. The topological polar surface area (TPSA) is 44.5 Å². The highest BCUT2D eigenvalue weighted by Gasteiger charge is 2.05. The van der Waals surface area contributed by atoms with Crippen LogP contribution in [0.1, 0.15) is 30.9 Å². The largest absolute Gasteiger partial charge is 0.493 e. The number of nitrogens with two attached hydrogens (primary N) is 1.